The van der Waals surface area contributed by atoms with Crippen molar-refractivity contribution in [3.05, 3.63) is 23.8 Å². The number of ether oxygens (including phenoxy) is 2. The van der Waals surface area contributed by atoms with E-state index in [1.165, 1.54) is 25.3 Å². The molecule has 0 aliphatic carbocycles. The van der Waals surface area contributed by atoms with Gasteiger partial charge < -0.3 is 19.7 Å². The molecule has 0 fully saturated rings. The second-order valence-electron chi connectivity index (χ2n) is 6.10. The highest BCUT2D eigenvalue weighted by molar-refractivity contribution is 5.84. The first kappa shape index (κ1) is 20.8. The maximum atomic E-state index is 12.4. The number of hydrogen-bond acceptors (Lipinski definition) is 7. The molecule has 1 unspecified atom stereocenters. The summed E-state index contributed by atoms with van der Waals surface area (Å²) in [5.41, 5.74) is 4.66. The van der Waals surface area contributed by atoms with Crippen LogP contribution >= 0.6 is 0 Å². The van der Waals surface area contributed by atoms with Crippen LogP contribution in [0.5, 0.6) is 11.5 Å². The molecule has 0 bridgehead atoms. The fraction of sp³-hybridized carbons (Fsp3) is 0.556. The summed E-state index contributed by atoms with van der Waals surface area (Å²) < 4.78 is 10.2. The van der Waals surface area contributed by atoms with Crippen molar-refractivity contribution >= 4 is 11.9 Å². The molecule has 7 heteroatoms. The fourth-order valence-electron chi connectivity index (χ4n) is 2.52. The monoisotopic (exact) mass is 353 g/mol. The molecular formula is C18H27NO6. The maximum absolute atomic E-state index is 12.4. The zero-order chi connectivity index (χ0) is 19.2. The molecule has 0 heterocycles. The third-order valence-corrected chi connectivity index (χ3v) is 4.29. The predicted octanol–water partition coefficient (Wildman–Crippen LogP) is 2.40. The first-order valence-electron chi connectivity index (χ1n) is 8.33. The van der Waals surface area contributed by atoms with Gasteiger partial charge in [-0.3, -0.25) is 10.5 Å². The number of aromatic hydroxyl groups is 2. The lowest BCUT2D eigenvalue weighted by Crippen LogP contribution is -2.57. The molecule has 4 N–H and O–H groups in total. The SMILES string of the molecule is CCCC(c1ccc(O)c(O)c1)[C@](N)(OC(=O)[C@@H](C)CC)C(=O)OC. The number of nitrogens with two attached hydrogens (primary N) is 1. The van der Waals surface area contributed by atoms with Gasteiger partial charge in [0.1, 0.15) is 0 Å². The lowest BCUT2D eigenvalue weighted by atomic mass is 9.84. The zero-order valence-corrected chi connectivity index (χ0v) is 15.1. The maximum Gasteiger partial charge on any atom is 0.366 e. The number of rotatable bonds is 8. The molecule has 140 valence electrons. The van der Waals surface area contributed by atoms with Gasteiger partial charge in [0.25, 0.3) is 5.72 Å². The molecule has 0 aliphatic heterocycles. The smallest absolute Gasteiger partial charge is 0.366 e. The van der Waals surface area contributed by atoms with Gasteiger partial charge in [-0.05, 0) is 30.5 Å². The largest absolute Gasteiger partial charge is 0.504 e. The zero-order valence-electron chi connectivity index (χ0n) is 15.1. The Bertz CT molecular complexity index is 618. The molecule has 0 spiro atoms. The number of carbonyl (C=O) groups is 2. The molecule has 0 amide bonds. The highest BCUT2D eigenvalue weighted by atomic mass is 16.6. The van der Waals surface area contributed by atoms with Gasteiger partial charge in [-0.15, -0.1) is 0 Å². The summed E-state index contributed by atoms with van der Waals surface area (Å²) in [6.45, 7) is 5.40. The Morgan fingerprint density at radius 3 is 2.36 bits per heavy atom. The van der Waals surface area contributed by atoms with Crippen LogP contribution in [0.15, 0.2) is 18.2 Å². The van der Waals surface area contributed by atoms with Crippen LogP contribution < -0.4 is 5.73 Å². The highest BCUT2D eigenvalue weighted by Crippen LogP contribution is 2.37. The molecule has 0 saturated heterocycles. The molecule has 0 radical (unpaired) electrons. The van der Waals surface area contributed by atoms with Crippen molar-refractivity contribution in [2.24, 2.45) is 11.7 Å². The average Bonchev–Trinajstić information content (AvgIpc) is 2.60. The van der Waals surface area contributed by atoms with Gasteiger partial charge in [0.2, 0.25) is 0 Å². The summed E-state index contributed by atoms with van der Waals surface area (Å²) in [7, 11) is 1.17. The first-order chi connectivity index (χ1) is 11.7. The van der Waals surface area contributed by atoms with Crippen LogP contribution in [0, 0.1) is 5.92 Å². The molecule has 3 atom stereocenters. The Kier molecular flexibility index (Phi) is 7.23. The van der Waals surface area contributed by atoms with E-state index in [-0.39, 0.29) is 11.5 Å². The quantitative estimate of drug-likeness (QED) is 0.373. The molecule has 7 nitrogen and oxygen atoms in total. The summed E-state index contributed by atoms with van der Waals surface area (Å²) in [5.74, 6) is -3.29. The Labute approximate surface area is 147 Å². The van der Waals surface area contributed by atoms with Crippen molar-refractivity contribution < 1.29 is 29.3 Å². The van der Waals surface area contributed by atoms with Crippen LogP contribution in [0.2, 0.25) is 0 Å². The molecular weight excluding hydrogens is 326 g/mol. The van der Waals surface area contributed by atoms with Crippen molar-refractivity contribution in [3.63, 3.8) is 0 Å². The lowest BCUT2D eigenvalue weighted by Gasteiger charge is -2.35. The summed E-state index contributed by atoms with van der Waals surface area (Å²) in [4.78, 5) is 24.7. The van der Waals surface area contributed by atoms with Crippen LogP contribution in [0.4, 0.5) is 0 Å². The van der Waals surface area contributed by atoms with E-state index in [4.69, 9.17) is 15.2 Å². The third-order valence-electron chi connectivity index (χ3n) is 4.29. The van der Waals surface area contributed by atoms with Crippen molar-refractivity contribution in [1.82, 2.24) is 0 Å². The normalized spacial score (nSPS) is 15.7. The summed E-state index contributed by atoms with van der Waals surface area (Å²) in [5, 5.41) is 19.3. The number of esters is 2. The van der Waals surface area contributed by atoms with Crippen LogP contribution in [0.1, 0.15) is 51.5 Å². The van der Waals surface area contributed by atoms with Gasteiger partial charge in [-0.25, -0.2) is 4.79 Å². The Morgan fingerprint density at radius 2 is 1.88 bits per heavy atom. The van der Waals surface area contributed by atoms with Crippen LogP contribution in [-0.4, -0.2) is 35.0 Å². The van der Waals surface area contributed by atoms with Crippen LogP contribution in [0.3, 0.4) is 0 Å². The second kappa shape index (κ2) is 8.71. The number of phenols is 2. The van der Waals surface area contributed by atoms with Crippen LogP contribution in [-0.2, 0) is 19.1 Å². The Hall–Kier alpha value is -2.28. The molecule has 0 aromatic heterocycles. The number of methoxy groups -OCH3 is 1. The molecule has 25 heavy (non-hydrogen) atoms. The van der Waals surface area contributed by atoms with Gasteiger partial charge in [-0.1, -0.05) is 33.3 Å². The third kappa shape index (κ3) is 4.63. The molecule has 1 aromatic rings. The van der Waals surface area contributed by atoms with E-state index < -0.39 is 29.5 Å². The topological polar surface area (TPSA) is 119 Å². The number of hydrogen-bond donors (Lipinski definition) is 3. The Morgan fingerprint density at radius 1 is 1.24 bits per heavy atom. The van der Waals surface area contributed by atoms with E-state index in [2.05, 4.69) is 0 Å². The highest BCUT2D eigenvalue weighted by Gasteiger charge is 2.48. The minimum atomic E-state index is -2.03. The molecule has 1 aromatic carbocycles. The van der Waals surface area contributed by atoms with Crippen molar-refractivity contribution in [1.29, 1.82) is 0 Å². The lowest BCUT2D eigenvalue weighted by molar-refractivity contribution is -0.186. The number of carbonyl (C=O) groups excluding carboxylic acids is 2. The minimum Gasteiger partial charge on any atom is -0.504 e. The first-order valence-corrected chi connectivity index (χ1v) is 8.33. The van der Waals surface area contributed by atoms with E-state index in [0.717, 1.165) is 0 Å². The summed E-state index contributed by atoms with van der Waals surface area (Å²) >= 11 is 0. The number of benzene rings is 1. The van der Waals surface area contributed by atoms with E-state index in [9.17, 15) is 19.8 Å². The second-order valence-corrected chi connectivity index (χ2v) is 6.10. The van der Waals surface area contributed by atoms with E-state index in [0.29, 0.717) is 24.8 Å². The molecule has 0 aliphatic rings. The van der Waals surface area contributed by atoms with Gasteiger partial charge in [0.05, 0.1) is 13.0 Å². The van der Waals surface area contributed by atoms with E-state index >= 15 is 0 Å². The summed E-state index contributed by atoms with van der Waals surface area (Å²) in [6, 6.07) is 4.12. The predicted molar refractivity (Wildman–Crippen MR) is 91.9 cm³/mol. The van der Waals surface area contributed by atoms with E-state index in [1.807, 2.05) is 13.8 Å². The van der Waals surface area contributed by atoms with Gasteiger partial charge in [-0.2, -0.15) is 0 Å². The fourth-order valence-corrected chi connectivity index (χ4v) is 2.52. The Balaban J connectivity index is 3.37. The number of phenolic OH excluding ortho intramolecular Hbond substituents is 2. The molecule has 1 rings (SSSR count). The van der Waals surface area contributed by atoms with Gasteiger partial charge in [0, 0.05) is 5.92 Å². The van der Waals surface area contributed by atoms with Gasteiger partial charge >= 0.3 is 11.9 Å². The van der Waals surface area contributed by atoms with Crippen molar-refractivity contribution in [3.8, 4) is 11.5 Å². The van der Waals surface area contributed by atoms with Crippen molar-refractivity contribution in [2.75, 3.05) is 7.11 Å². The minimum absolute atomic E-state index is 0.295. The van der Waals surface area contributed by atoms with Crippen molar-refractivity contribution in [2.45, 2.75) is 51.7 Å². The van der Waals surface area contributed by atoms with Gasteiger partial charge in [0.15, 0.2) is 11.5 Å². The molecule has 0 saturated carbocycles. The average molecular weight is 353 g/mol. The van der Waals surface area contributed by atoms with E-state index in [1.54, 1.807) is 6.92 Å². The standard InChI is InChI=1S/C18H27NO6/c1-5-7-13(12-8-9-14(20)15(21)10-12)18(19,17(23)24-4)25-16(22)11(3)6-2/h8-11,13,20-21H,5-7,19H2,1-4H3/t11-,13?,18-/m0/s1. The summed E-state index contributed by atoms with van der Waals surface area (Å²) in [6.07, 6.45) is 1.58. The van der Waals surface area contributed by atoms with Crippen LogP contribution in [0.25, 0.3) is 0 Å².